The van der Waals surface area contributed by atoms with Crippen molar-refractivity contribution in [2.75, 3.05) is 26.2 Å². The molecule has 3 aromatic rings. The summed E-state index contributed by atoms with van der Waals surface area (Å²) in [7, 11) is 0. The van der Waals surface area contributed by atoms with Gasteiger partial charge in [0.2, 0.25) is 0 Å². The molecule has 40 heavy (non-hydrogen) atoms. The molecule has 1 atom stereocenters. The Labute approximate surface area is 228 Å². The quantitative estimate of drug-likeness (QED) is 0.344. The van der Waals surface area contributed by atoms with Gasteiger partial charge >= 0.3 is 12.4 Å². The third-order valence-electron chi connectivity index (χ3n) is 6.68. The summed E-state index contributed by atoms with van der Waals surface area (Å²) in [6, 6.07) is 6.54. The third kappa shape index (κ3) is 5.74. The average Bonchev–Trinajstić information content (AvgIpc) is 3.41. The van der Waals surface area contributed by atoms with Gasteiger partial charge in [-0.1, -0.05) is 12.1 Å². The Bertz CT molecular complexity index is 1530. The summed E-state index contributed by atoms with van der Waals surface area (Å²) < 4.78 is 81.4. The molecule has 3 heterocycles. The van der Waals surface area contributed by atoms with Crippen LogP contribution in [0, 0.1) is 6.92 Å². The predicted octanol–water partition coefficient (Wildman–Crippen LogP) is 4.67. The zero-order valence-electron chi connectivity index (χ0n) is 21.0. The number of thioether (sulfide) groups is 1. The molecule has 212 valence electrons. The zero-order valence-corrected chi connectivity index (χ0v) is 21.8. The zero-order chi connectivity index (χ0) is 28.8. The first-order valence-electron chi connectivity index (χ1n) is 12.2. The van der Waals surface area contributed by atoms with E-state index in [0.29, 0.717) is 57.9 Å². The molecule has 0 unspecified atom stereocenters. The van der Waals surface area contributed by atoms with Crippen LogP contribution in [0.25, 0.3) is 17.0 Å². The lowest BCUT2D eigenvalue weighted by Crippen LogP contribution is -2.53. The lowest BCUT2D eigenvalue weighted by atomic mass is 10.0. The van der Waals surface area contributed by atoms with Gasteiger partial charge in [0.25, 0.3) is 5.91 Å². The van der Waals surface area contributed by atoms with Crippen LogP contribution in [0.1, 0.15) is 27.9 Å². The summed E-state index contributed by atoms with van der Waals surface area (Å²) in [4.78, 5) is 19.1. The first kappa shape index (κ1) is 28.2. The van der Waals surface area contributed by atoms with Crippen LogP contribution in [0.15, 0.2) is 46.3 Å². The molecule has 0 saturated carbocycles. The van der Waals surface area contributed by atoms with Gasteiger partial charge in [0.05, 0.1) is 40.4 Å². The molecular weight excluding hydrogens is 560 g/mol. The van der Waals surface area contributed by atoms with E-state index in [4.69, 9.17) is 0 Å². The summed E-state index contributed by atoms with van der Waals surface area (Å²) in [5.74, 6) is -0.395. The molecule has 2 aliphatic heterocycles. The van der Waals surface area contributed by atoms with E-state index in [1.165, 1.54) is 16.4 Å². The third-order valence-corrected chi connectivity index (χ3v) is 7.72. The number of amides is 1. The van der Waals surface area contributed by atoms with Gasteiger partial charge in [-0.15, -0.1) is 0 Å². The maximum atomic E-state index is 13.6. The van der Waals surface area contributed by atoms with Crippen LogP contribution in [0.3, 0.4) is 0 Å². The van der Waals surface area contributed by atoms with Crippen molar-refractivity contribution in [3.05, 3.63) is 69.3 Å². The number of nitrogens with zero attached hydrogens (tertiary/aromatic N) is 4. The van der Waals surface area contributed by atoms with E-state index in [1.54, 1.807) is 31.2 Å². The van der Waals surface area contributed by atoms with Crippen molar-refractivity contribution in [3.8, 4) is 0 Å². The van der Waals surface area contributed by atoms with Gasteiger partial charge in [0.1, 0.15) is 0 Å². The molecular formula is C26H23F6N5O2S. The molecule has 2 aliphatic rings. The van der Waals surface area contributed by atoms with Crippen LogP contribution >= 0.6 is 11.8 Å². The monoisotopic (exact) mass is 583 g/mol. The largest absolute Gasteiger partial charge is 0.416 e. The number of piperazine rings is 1. The Balaban J connectivity index is 1.40. The lowest BCUT2D eigenvalue weighted by Gasteiger charge is -2.33. The molecule has 0 spiro atoms. The number of rotatable bonds is 4. The van der Waals surface area contributed by atoms with Crippen LogP contribution in [-0.2, 0) is 23.7 Å². The van der Waals surface area contributed by atoms with E-state index in [2.05, 4.69) is 15.4 Å². The molecule has 2 N–H and O–H groups in total. The molecule has 5 rings (SSSR count). The number of aromatic nitrogens is 2. The lowest BCUT2D eigenvalue weighted by molar-refractivity contribution is -0.143. The van der Waals surface area contributed by atoms with E-state index in [0.717, 1.165) is 6.07 Å². The molecule has 1 fully saturated rings. The van der Waals surface area contributed by atoms with Gasteiger partial charge in [-0.3, -0.25) is 9.48 Å². The Morgan fingerprint density at radius 3 is 2.60 bits per heavy atom. The Hall–Kier alpha value is -3.36. The van der Waals surface area contributed by atoms with Gasteiger partial charge in [-0.2, -0.15) is 36.4 Å². The van der Waals surface area contributed by atoms with Gasteiger partial charge in [-0.25, -0.2) is 0 Å². The highest BCUT2D eigenvalue weighted by molar-refractivity contribution is 8.18. The second-order valence-electron chi connectivity index (χ2n) is 9.48. The number of fused-ring (bicyclic) bond motifs is 1. The van der Waals surface area contributed by atoms with Crippen molar-refractivity contribution in [1.29, 1.82) is 0 Å². The summed E-state index contributed by atoms with van der Waals surface area (Å²) in [5, 5.41) is 18.1. The van der Waals surface area contributed by atoms with Crippen LogP contribution in [0.5, 0.6) is 0 Å². The van der Waals surface area contributed by atoms with E-state index in [1.807, 2.05) is 4.90 Å². The first-order valence-corrected chi connectivity index (χ1v) is 13.0. The highest BCUT2D eigenvalue weighted by Gasteiger charge is 2.38. The minimum absolute atomic E-state index is 0.0332. The number of benzene rings is 2. The van der Waals surface area contributed by atoms with Gasteiger partial charge < -0.3 is 15.3 Å². The Morgan fingerprint density at radius 1 is 1.12 bits per heavy atom. The fraction of sp³-hybridized carbons (Fsp3) is 0.346. The second-order valence-corrected chi connectivity index (χ2v) is 10.5. The smallest absolute Gasteiger partial charge is 0.395 e. The molecule has 0 bridgehead atoms. The number of aliphatic imine (C=N–C) groups is 1. The van der Waals surface area contributed by atoms with Gasteiger partial charge in [0.15, 0.2) is 5.17 Å². The molecule has 1 amide bonds. The molecule has 14 heteroatoms. The molecule has 7 nitrogen and oxygen atoms in total. The SMILES string of the molecule is Cc1nn(Cc2ccc(C(F)(F)F)cc2C(F)(F)F)c2ccc(C=C3SC(N4CCN[C@@H](CO)C4)=NC3=O)cc12. The summed E-state index contributed by atoms with van der Waals surface area (Å²) in [6.45, 7) is 3.06. The normalized spacial score (nSPS) is 19.6. The Morgan fingerprint density at radius 2 is 1.90 bits per heavy atom. The molecule has 0 radical (unpaired) electrons. The average molecular weight is 584 g/mol. The highest BCUT2D eigenvalue weighted by Crippen LogP contribution is 2.38. The van der Waals surface area contributed by atoms with E-state index < -0.39 is 29.4 Å². The maximum Gasteiger partial charge on any atom is 0.416 e. The number of alkyl halides is 6. The van der Waals surface area contributed by atoms with Crippen LogP contribution < -0.4 is 5.32 Å². The number of amidine groups is 1. The predicted molar refractivity (Wildman–Crippen MR) is 138 cm³/mol. The number of aliphatic hydroxyl groups is 1. The number of aryl methyl sites for hydroxylation is 1. The fourth-order valence-electron chi connectivity index (χ4n) is 4.69. The van der Waals surface area contributed by atoms with Crippen molar-refractivity contribution >= 4 is 39.8 Å². The van der Waals surface area contributed by atoms with E-state index >= 15 is 0 Å². The number of aliphatic hydroxyl groups excluding tert-OH is 1. The molecule has 2 aromatic carbocycles. The van der Waals surface area contributed by atoms with Crippen molar-refractivity contribution in [2.45, 2.75) is 31.9 Å². The minimum Gasteiger partial charge on any atom is -0.395 e. The van der Waals surface area contributed by atoms with Crippen LogP contribution in [-0.4, -0.2) is 63.1 Å². The Kier molecular flexibility index (Phi) is 7.44. The van der Waals surface area contributed by atoms with Crippen molar-refractivity contribution < 1.29 is 36.2 Å². The number of nitrogens with one attached hydrogen (secondary N) is 1. The molecule has 1 saturated heterocycles. The number of carbonyl (C=O) groups is 1. The van der Waals surface area contributed by atoms with E-state index in [9.17, 15) is 36.2 Å². The van der Waals surface area contributed by atoms with E-state index in [-0.39, 0.29) is 30.8 Å². The summed E-state index contributed by atoms with van der Waals surface area (Å²) >= 11 is 1.23. The first-order chi connectivity index (χ1) is 18.8. The van der Waals surface area contributed by atoms with Crippen molar-refractivity contribution in [1.82, 2.24) is 20.0 Å². The minimum atomic E-state index is -4.98. The molecule has 1 aromatic heterocycles. The van der Waals surface area contributed by atoms with Gasteiger partial charge in [0, 0.05) is 31.1 Å². The topological polar surface area (TPSA) is 82.8 Å². The standard InChI is InChI=1S/C26H23F6N5O2S/c1-14-19-8-15(9-22-23(39)34-24(40-22)36-7-6-33-18(12-36)13-38)2-5-21(19)37(35-14)11-16-3-4-17(25(27,28)29)10-20(16)26(30,31)32/h2-5,8-10,18,33,38H,6-7,11-13H2,1H3/t18-/m1/s1. The second kappa shape index (κ2) is 10.6. The molecule has 0 aliphatic carbocycles. The van der Waals surface area contributed by atoms with Crippen molar-refractivity contribution in [2.24, 2.45) is 4.99 Å². The van der Waals surface area contributed by atoms with Crippen molar-refractivity contribution in [3.63, 3.8) is 0 Å². The van der Waals surface area contributed by atoms with Crippen LogP contribution in [0.2, 0.25) is 0 Å². The summed E-state index contributed by atoms with van der Waals surface area (Å²) in [6.07, 6.45) is -8.22. The fourth-order valence-corrected chi connectivity index (χ4v) is 5.64. The number of hydrogen-bond acceptors (Lipinski definition) is 6. The van der Waals surface area contributed by atoms with Crippen LogP contribution in [0.4, 0.5) is 26.3 Å². The highest BCUT2D eigenvalue weighted by atomic mass is 32.2. The number of halogens is 6. The summed E-state index contributed by atoms with van der Waals surface area (Å²) in [5.41, 5.74) is -1.43. The number of carbonyl (C=O) groups excluding carboxylic acids is 1. The number of hydrogen-bond donors (Lipinski definition) is 2. The maximum absolute atomic E-state index is 13.6. The van der Waals surface area contributed by atoms with Gasteiger partial charge in [-0.05, 0) is 60.2 Å².